The Labute approximate surface area is 272 Å². The van der Waals surface area contributed by atoms with Gasteiger partial charge in [-0.25, -0.2) is 28.5 Å². The number of aromatic nitrogens is 3. The fraction of sp³-hybridized carbons (Fsp3) is 0.419. The number of aliphatic hydroxyl groups is 1. The molecule has 17 heteroatoms. The molecule has 0 bridgehead atoms. The number of hydrogen-bond acceptors (Lipinski definition) is 8. The molecule has 258 valence electrons. The van der Waals surface area contributed by atoms with Gasteiger partial charge in [-0.1, -0.05) is 12.1 Å². The molecule has 2 atom stereocenters. The molecule has 0 saturated carbocycles. The summed E-state index contributed by atoms with van der Waals surface area (Å²) in [5.74, 6) is -3.50. The molecule has 4 N–H and O–H groups in total. The Morgan fingerprint density at radius 1 is 1.06 bits per heavy atom. The summed E-state index contributed by atoms with van der Waals surface area (Å²) in [6, 6.07) is 4.52. The smallest absolute Gasteiger partial charge is 0.433 e. The molecule has 2 unspecified atom stereocenters. The lowest BCUT2D eigenvalue weighted by molar-refractivity contribution is -0.141. The summed E-state index contributed by atoms with van der Waals surface area (Å²) in [6.07, 6.45) is -2.83. The molecule has 3 aromatic rings. The van der Waals surface area contributed by atoms with Crippen LogP contribution in [0.15, 0.2) is 42.6 Å². The first-order valence-electron chi connectivity index (χ1n) is 14.9. The van der Waals surface area contributed by atoms with Crippen LogP contribution in [0, 0.1) is 18.6 Å². The number of para-hydroxylation sites is 1. The fourth-order valence-corrected chi connectivity index (χ4v) is 5.14. The Kier molecular flexibility index (Phi) is 11.1. The average molecular weight is 680 g/mol. The lowest BCUT2D eigenvalue weighted by atomic mass is 9.84. The summed E-state index contributed by atoms with van der Waals surface area (Å²) in [4.78, 5) is 50.6. The Balaban J connectivity index is 1.58. The second kappa shape index (κ2) is 14.9. The maximum Gasteiger partial charge on any atom is 0.433 e. The highest BCUT2D eigenvalue weighted by Crippen LogP contribution is 2.35. The first-order chi connectivity index (χ1) is 22.6. The third-order valence-corrected chi connectivity index (χ3v) is 7.64. The van der Waals surface area contributed by atoms with Crippen molar-refractivity contribution in [3.05, 3.63) is 77.0 Å². The van der Waals surface area contributed by atoms with Gasteiger partial charge in [-0.05, 0) is 44.9 Å². The number of carbonyl (C=O) groups excluding carboxylic acids is 3. The van der Waals surface area contributed by atoms with E-state index in [2.05, 4.69) is 30.9 Å². The number of piperidine rings is 1. The number of likely N-dealkylation sites (tertiary alicyclic amines) is 1. The summed E-state index contributed by atoms with van der Waals surface area (Å²) in [5, 5.41) is 19.2. The zero-order valence-corrected chi connectivity index (χ0v) is 26.2. The van der Waals surface area contributed by atoms with E-state index in [1.807, 2.05) is 0 Å². The summed E-state index contributed by atoms with van der Waals surface area (Å²) in [7, 11) is 0. The molecule has 0 radical (unpaired) electrons. The van der Waals surface area contributed by atoms with Gasteiger partial charge in [0, 0.05) is 43.8 Å². The zero-order valence-electron chi connectivity index (χ0n) is 26.2. The molecule has 0 aliphatic carbocycles. The molecule has 48 heavy (non-hydrogen) atoms. The topological polar surface area (TPSA) is 159 Å². The number of aryl methyl sites for hydroxylation is 1. The van der Waals surface area contributed by atoms with E-state index < -0.39 is 77.7 Å². The fourth-order valence-electron chi connectivity index (χ4n) is 5.14. The molecular formula is C31H34F5N7O5. The number of carbonyl (C=O) groups is 3. The van der Waals surface area contributed by atoms with Gasteiger partial charge in [0.1, 0.15) is 47.1 Å². The SMILES string of the molecule is CC(=O)NC(C)C(=O)NCC(O)(COc1cccc(C(F)(F)F)n1)c1cnc(C)nc1C1CCN(C(=O)Nc2c(F)cccc2F)CC1. The van der Waals surface area contributed by atoms with Crippen LogP contribution in [0.5, 0.6) is 5.88 Å². The number of amides is 4. The van der Waals surface area contributed by atoms with E-state index in [1.165, 1.54) is 37.1 Å². The number of rotatable bonds is 10. The van der Waals surface area contributed by atoms with Gasteiger partial charge in [-0.15, -0.1) is 0 Å². The second-order valence-electron chi connectivity index (χ2n) is 11.3. The van der Waals surface area contributed by atoms with E-state index in [-0.39, 0.29) is 24.6 Å². The van der Waals surface area contributed by atoms with Crippen LogP contribution >= 0.6 is 0 Å². The van der Waals surface area contributed by atoms with Gasteiger partial charge < -0.3 is 30.7 Å². The van der Waals surface area contributed by atoms with E-state index in [0.717, 1.165) is 24.3 Å². The van der Waals surface area contributed by atoms with Crippen LogP contribution < -0.4 is 20.7 Å². The quantitative estimate of drug-likeness (QED) is 0.236. The molecule has 0 spiro atoms. The van der Waals surface area contributed by atoms with E-state index >= 15 is 0 Å². The van der Waals surface area contributed by atoms with E-state index in [1.54, 1.807) is 6.92 Å². The highest BCUT2D eigenvalue weighted by molar-refractivity contribution is 5.89. The predicted octanol–water partition coefficient (Wildman–Crippen LogP) is 3.80. The van der Waals surface area contributed by atoms with Crippen LogP contribution in [0.1, 0.15) is 55.4 Å². The Hall–Kier alpha value is -4.93. The molecule has 1 aliphatic rings. The number of urea groups is 1. The number of hydrogen-bond donors (Lipinski definition) is 4. The lowest BCUT2D eigenvalue weighted by Crippen LogP contribution is -2.51. The van der Waals surface area contributed by atoms with Crippen LogP contribution in [0.3, 0.4) is 0 Å². The van der Waals surface area contributed by atoms with Gasteiger partial charge in [0.25, 0.3) is 0 Å². The first kappa shape index (κ1) is 35.9. The number of nitrogens with zero attached hydrogens (tertiary/aromatic N) is 4. The highest BCUT2D eigenvalue weighted by Gasteiger charge is 2.39. The number of benzene rings is 1. The second-order valence-corrected chi connectivity index (χ2v) is 11.3. The molecular weight excluding hydrogens is 645 g/mol. The number of pyridine rings is 1. The van der Waals surface area contributed by atoms with Crippen LogP contribution in [0.2, 0.25) is 0 Å². The monoisotopic (exact) mass is 679 g/mol. The standard InChI is InChI=1S/C31H34F5N7O5/c1-17(39-19(3)44)28(45)38-15-30(47,16-48-25-9-5-8-24(41-25)31(34,35)36)21-14-37-18(2)40-26(21)20-10-12-43(13-11-20)29(46)42-27-22(32)6-4-7-23(27)33/h4-9,14,17,20,47H,10-13,15-16H2,1-3H3,(H,38,45)(H,39,44)(H,42,46). The van der Waals surface area contributed by atoms with Gasteiger partial charge in [0.05, 0.1) is 12.2 Å². The first-order valence-corrected chi connectivity index (χ1v) is 14.9. The average Bonchev–Trinajstić information content (AvgIpc) is 3.03. The van der Waals surface area contributed by atoms with Crippen LogP contribution in [-0.4, -0.2) is 75.1 Å². The maximum atomic E-state index is 14.1. The number of halogens is 5. The normalized spacial score (nSPS) is 15.6. The number of anilines is 1. The van der Waals surface area contributed by atoms with Crippen molar-refractivity contribution in [1.29, 1.82) is 0 Å². The van der Waals surface area contributed by atoms with Gasteiger partial charge in [0.15, 0.2) is 0 Å². The van der Waals surface area contributed by atoms with Gasteiger partial charge in [-0.3, -0.25) is 9.59 Å². The third-order valence-electron chi connectivity index (χ3n) is 7.64. The lowest BCUT2D eigenvalue weighted by Gasteiger charge is -2.35. The maximum absolute atomic E-state index is 14.1. The molecule has 1 fully saturated rings. The molecule has 3 heterocycles. The molecule has 4 rings (SSSR count). The predicted molar refractivity (Wildman–Crippen MR) is 161 cm³/mol. The summed E-state index contributed by atoms with van der Waals surface area (Å²) >= 11 is 0. The van der Waals surface area contributed by atoms with Crippen molar-refractivity contribution in [3.63, 3.8) is 0 Å². The molecule has 4 amide bonds. The zero-order chi connectivity index (χ0) is 35.2. The van der Waals surface area contributed by atoms with Crippen LogP contribution in [-0.2, 0) is 21.4 Å². The van der Waals surface area contributed by atoms with Crippen molar-refractivity contribution in [3.8, 4) is 5.88 Å². The van der Waals surface area contributed by atoms with Gasteiger partial charge in [-0.2, -0.15) is 13.2 Å². The molecule has 12 nitrogen and oxygen atoms in total. The third kappa shape index (κ3) is 8.90. The van der Waals surface area contributed by atoms with Crippen molar-refractivity contribution in [2.24, 2.45) is 0 Å². The Bertz CT molecular complexity index is 1630. The van der Waals surface area contributed by atoms with Crippen LogP contribution in [0.4, 0.5) is 32.4 Å². The summed E-state index contributed by atoms with van der Waals surface area (Å²) < 4.78 is 73.6. The minimum atomic E-state index is -4.75. The van der Waals surface area contributed by atoms with Gasteiger partial charge >= 0.3 is 12.2 Å². The van der Waals surface area contributed by atoms with Crippen molar-refractivity contribution in [2.75, 3.05) is 31.6 Å². The van der Waals surface area contributed by atoms with Gasteiger partial charge in [0.2, 0.25) is 17.7 Å². The van der Waals surface area contributed by atoms with E-state index in [4.69, 9.17) is 4.74 Å². The number of nitrogens with one attached hydrogen (secondary N) is 3. The molecule has 2 aromatic heterocycles. The van der Waals surface area contributed by atoms with E-state index in [0.29, 0.717) is 24.4 Å². The van der Waals surface area contributed by atoms with Crippen LogP contribution in [0.25, 0.3) is 0 Å². The summed E-state index contributed by atoms with van der Waals surface area (Å²) in [5.41, 5.74) is -3.47. The molecule has 1 saturated heterocycles. The van der Waals surface area contributed by atoms with Crippen molar-refractivity contribution < 1.29 is 46.2 Å². The van der Waals surface area contributed by atoms with Crippen molar-refractivity contribution in [2.45, 2.75) is 57.3 Å². The van der Waals surface area contributed by atoms with Crippen molar-refractivity contribution in [1.82, 2.24) is 30.5 Å². The summed E-state index contributed by atoms with van der Waals surface area (Å²) in [6.45, 7) is 3.32. The minimum absolute atomic E-state index is 0.101. The number of alkyl halides is 3. The Morgan fingerprint density at radius 2 is 1.71 bits per heavy atom. The minimum Gasteiger partial charge on any atom is -0.474 e. The molecule has 1 aromatic carbocycles. The Morgan fingerprint density at radius 3 is 2.33 bits per heavy atom. The van der Waals surface area contributed by atoms with E-state index in [9.17, 15) is 41.4 Å². The number of ether oxygens (including phenoxy) is 1. The molecule has 1 aliphatic heterocycles. The highest BCUT2D eigenvalue weighted by atomic mass is 19.4. The van der Waals surface area contributed by atoms with Crippen molar-refractivity contribution >= 4 is 23.5 Å². The largest absolute Gasteiger partial charge is 0.474 e.